The van der Waals surface area contributed by atoms with Gasteiger partial charge in [0.15, 0.2) is 0 Å². The van der Waals surface area contributed by atoms with Crippen molar-refractivity contribution in [1.82, 2.24) is 10.2 Å². The molecule has 1 aromatic carbocycles. The van der Waals surface area contributed by atoms with Crippen molar-refractivity contribution < 1.29 is 9.59 Å². The maximum atomic E-state index is 13.0. The minimum absolute atomic E-state index is 0.0265. The third-order valence-corrected chi connectivity index (χ3v) is 4.71. The van der Waals surface area contributed by atoms with Crippen molar-refractivity contribution >= 4 is 23.3 Å². The summed E-state index contributed by atoms with van der Waals surface area (Å²) < 4.78 is 0. The van der Waals surface area contributed by atoms with Gasteiger partial charge >= 0.3 is 6.03 Å². The Morgan fingerprint density at radius 1 is 1.11 bits per heavy atom. The Bertz CT molecular complexity index is 678. The highest BCUT2D eigenvalue weighted by Gasteiger charge is 2.27. The number of rotatable bonds is 7. The summed E-state index contributed by atoms with van der Waals surface area (Å²) in [4.78, 5) is 28.7. The van der Waals surface area contributed by atoms with E-state index in [2.05, 4.69) is 31.4 Å². The van der Waals surface area contributed by atoms with Crippen LogP contribution in [0.15, 0.2) is 18.2 Å². The molecule has 0 aliphatic heterocycles. The molecule has 0 aliphatic rings. The fraction of sp³-hybridized carbons (Fsp3) is 0.636. The molecule has 158 valence electrons. The topological polar surface area (TPSA) is 64.7 Å². The molecule has 1 unspecified atom stereocenters. The average molecular weight is 391 g/mol. The minimum atomic E-state index is -0.312. The molecular formula is C22H38N4O2. The summed E-state index contributed by atoms with van der Waals surface area (Å²) in [6.07, 6.45) is 0.426. The average Bonchev–Trinajstić information content (AvgIpc) is 2.57. The Balaban J connectivity index is 3.28. The van der Waals surface area contributed by atoms with Crippen molar-refractivity contribution in [3.05, 3.63) is 23.8 Å². The molecule has 0 aromatic heterocycles. The van der Waals surface area contributed by atoms with Crippen molar-refractivity contribution in [2.75, 3.05) is 24.3 Å². The quantitative estimate of drug-likeness (QED) is 0.723. The first kappa shape index (κ1) is 23.8. The number of anilines is 2. The Kier molecular flexibility index (Phi) is 8.33. The highest BCUT2D eigenvalue weighted by atomic mass is 16.2. The summed E-state index contributed by atoms with van der Waals surface area (Å²) in [7, 11) is 3.96. The molecule has 3 amide bonds. The largest absolute Gasteiger partial charge is 0.377 e. The smallest absolute Gasteiger partial charge is 0.318 e. The van der Waals surface area contributed by atoms with Crippen LogP contribution in [0.3, 0.4) is 0 Å². The molecule has 1 rings (SSSR count). The second-order valence-corrected chi connectivity index (χ2v) is 8.93. The van der Waals surface area contributed by atoms with E-state index in [1.165, 1.54) is 0 Å². The predicted molar refractivity (Wildman–Crippen MR) is 118 cm³/mol. The summed E-state index contributed by atoms with van der Waals surface area (Å²) in [5.74, 6) is 0.290. The number of urea groups is 1. The van der Waals surface area contributed by atoms with Gasteiger partial charge in [-0.25, -0.2) is 4.79 Å². The molecule has 1 aromatic rings. The third-order valence-electron chi connectivity index (χ3n) is 4.71. The number of hydrogen-bond acceptors (Lipinski definition) is 3. The molecule has 0 heterocycles. The van der Waals surface area contributed by atoms with Gasteiger partial charge in [0, 0.05) is 50.0 Å². The molecule has 6 nitrogen and oxygen atoms in total. The SMILES string of the molecule is CCC(=O)Nc1ccc(N(C)C)c(CN(C(=O)NC(C)(C)C)C(C)C(C)C)c1. The molecule has 1 atom stereocenters. The lowest BCUT2D eigenvalue weighted by molar-refractivity contribution is -0.115. The lowest BCUT2D eigenvalue weighted by Crippen LogP contribution is -2.52. The first-order chi connectivity index (χ1) is 12.9. The number of hydrogen-bond donors (Lipinski definition) is 2. The zero-order valence-electron chi connectivity index (χ0n) is 19.0. The predicted octanol–water partition coefficient (Wildman–Crippen LogP) is 4.46. The standard InChI is InChI=1S/C22H38N4O2/c1-10-20(27)23-18-11-12-19(25(8)9)17(13-18)14-26(16(4)15(2)3)21(28)24-22(5,6)7/h11-13,15-16H,10,14H2,1-9H3,(H,23,27)(H,24,28). The van der Waals surface area contributed by atoms with E-state index in [1.807, 2.05) is 69.8 Å². The van der Waals surface area contributed by atoms with Gasteiger partial charge < -0.3 is 20.4 Å². The van der Waals surface area contributed by atoms with Gasteiger partial charge in [-0.15, -0.1) is 0 Å². The summed E-state index contributed by atoms with van der Waals surface area (Å²) in [6, 6.07) is 5.83. The van der Waals surface area contributed by atoms with Crippen LogP contribution in [0.25, 0.3) is 0 Å². The summed E-state index contributed by atoms with van der Waals surface area (Å²) in [5.41, 5.74) is 2.46. The van der Waals surface area contributed by atoms with E-state index in [-0.39, 0.29) is 23.5 Å². The van der Waals surface area contributed by atoms with Crippen molar-refractivity contribution in [2.45, 2.75) is 73.0 Å². The first-order valence-corrected chi connectivity index (χ1v) is 10.0. The van der Waals surface area contributed by atoms with E-state index in [4.69, 9.17) is 0 Å². The molecule has 2 N–H and O–H groups in total. The van der Waals surface area contributed by atoms with E-state index in [0.717, 1.165) is 16.9 Å². The molecule has 0 bridgehead atoms. The number of nitrogens with one attached hydrogen (secondary N) is 2. The number of carbonyl (C=O) groups excluding carboxylic acids is 2. The van der Waals surface area contributed by atoms with Crippen molar-refractivity contribution in [2.24, 2.45) is 5.92 Å². The minimum Gasteiger partial charge on any atom is -0.377 e. The normalized spacial score (nSPS) is 12.5. The van der Waals surface area contributed by atoms with E-state index < -0.39 is 0 Å². The molecule has 28 heavy (non-hydrogen) atoms. The zero-order chi connectivity index (χ0) is 21.6. The molecule has 0 radical (unpaired) electrons. The molecular weight excluding hydrogens is 352 g/mol. The van der Waals surface area contributed by atoms with Gasteiger partial charge in [-0.3, -0.25) is 4.79 Å². The summed E-state index contributed by atoms with van der Waals surface area (Å²) in [6.45, 7) is 14.5. The Labute approximate surface area is 170 Å². The number of amides is 3. The van der Waals surface area contributed by atoms with Gasteiger partial charge in [0.2, 0.25) is 5.91 Å². The number of nitrogens with zero attached hydrogens (tertiary/aromatic N) is 2. The fourth-order valence-electron chi connectivity index (χ4n) is 2.81. The highest BCUT2D eigenvalue weighted by Crippen LogP contribution is 2.26. The van der Waals surface area contributed by atoms with E-state index in [0.29, 0.717) is 18.9 Å². The summed E-state index contributed by atoms with van der Waals surface area (Å²) >= 11 is 0. The van der Waals surface area contributed by atoms with Crippen molar-refractivity contribution in [1.29, 1.82) is 0 Å². The van der Waals surface area contributed by atoms with Gasteiger partial charge in [-0.05, 0) is 57.4 Å². The maximum absolute atomic E-state index is 13.0. The fourth-order valence-corrected chi connectivity index (χ4v) is 2.81. The number of benzene rings is 1. The van der Waals surface area contributed by atoms with Crippen molar-refractivity contribution in [3.8, 4) is 0 Å². The first-order valence-electron chi connectivity index (χ1n) is 10.0. The lowest BCUT2D eigenvalue weighted by atomic mass is 10.0. The lowest BCUT2D eigenvalue weighted by Gasteiger charge is -2.35. The van der Waals surface area contributed by atoms with Gasteiger partial charge in [0.1, 0.15) is 0 Å². The van der Waals surface area contributed by atoms with E-state index in [1.54, 1.807) is 0 Å². The monoisotopic (exact) mass is 390 g/mol. The van der Waals surface area contributed by atoms with Crippen molar-refractivity contribution in [3.63, 3.8) is 0 Å². The zero-order valence-corrected chi connectivity index (χ0v) is 19.0. The summed E-state index contributed by atoms with van der Waals surface area (Å²) in [5, 5.41) is 6.00. The molecule has 0 spiro atoms. The van der Waals surface area contributed by atoms with Crippen LogP contribution in [0.2, 0.25) is 0 Å². The van der Waals surface area contributed by atoms with E-state index in [9.17, 15) is 9.59 Å². The van der Waals surface area contributed by atoms with Crippen LogP contribution >= 0.6 is 0 Å². The van der Waals surface area contributed by atoms with Gasteiger partial charge in [-0.2, -0.15) is 0 Å². The number of carbonyl (C=O) groups is 2. The van der Waals surface area contributed by atoms with Crippen LogP contribution in [0, 0.1) is 5.92 Å². The van der Waals surface area contributed by atoms with Crippen LogP contribution in [0.5, 0.6) is 0 Å². The highest BCUT2D eigenvalue weighted by molar-refractivity contribution is 5.91. The van der Waals surface area contributed by atoms with Crippen LogP contribution < -0.4 is 15.5 Å². The maximum Gasteiger partial charge on any atom is 0.318 e. The molecule has 6 heteroatoms. The van der Waals surface area contributed by atoms with Crippen LogP contribution in [0.4, 0.5) is 16.2 Å². The molecule has 0 fully saturated rings. The Hall–Kier alpha value is -2.24. The van der Waals surface area contributed by atoms with Crippen LogP contribution in [-0.4, -0.2) is 42.5 Å². The molecule has 0 saturated heterocycles. The second kappa shape index (κ2) is 9.80. The van der Waals surface area contributed by atoms with Gasteiger partial charge in [0.05, 0.1) is 0 Å². The Morgan fingerprint density at radius 3 is 2.18 bits per heavy atom. The Morgan fingerprint density at radius 2 is 1.71 bits per heavy atom. The van der Waals surface area contributed by atoms with Gasteiger partial charge in [-0.1, -0.05) is 20.8 Å². The van der Waals surface area contributed by atoms with Gasteiger partial charge in [0.25, 0.3) is 0 Å². The van der Waals surface area contributed by atoms with Crippen LogP contribution in [0.1, 0.15) is 60.5 Å². The third kappa shape index (κ3) is 7.06. The molecule has 0 aliphatic carbocycles. The van der Waals surface area contributed by atoms with Crippen LogP contribution in [-0.2, 0) is 11.3 Å². The molecule has 0 saturated carbocycles. The van der Waals surface area contributed by atoms with E-state index >= 15 is 0 Å². The second-order valence-electron chi connectivity index (χ2n) is 8.93.